The lowest BCUT2D eigenvalue weighted by Gasteiger charge is -2.24. The van der Waals surface area contributed by atoms with E-state index < -0.39 is 0 Å². The second-order valence-electron chi connectivity index (χ2n) is 14.8. The molecule has 0 aliphatic carbocycles. The number of rotatable bonds is 6. The van der Waals surface area contributed by atoms with Gasteiger partial charge in [0.15, 0.2) is 0 Å². The van der Waals surface area contributed by atoms with E-state index in [0.29, 0.717) is 0 Å². The molecule has 260 valence electrons. The molecule has 0 atom stereocenters. The van der Waals surface area contributed by atoms with Gasteiger partial charge in [0.2, 0.25) is 0 Å². The molecule has 6 aromatic carbocycles. The van der Waals surface area contributed by atoms with Gasteiger partial charge < -0.3 is 9.67 Å². The third-order valence-electron chi connectivity index (χ3n) is 10.3. The molecule has 0 aliphatic heterocycles. The monoisotopic (exact) mass is 697 g/mol. The molecule has 0 fully saturated rings. The number of hydrogen-bond donors (Lipinski definition) is 1. The van der Waals surface area contributed by atoms with Gasteiger partial charge in [0, 0.05) is 44.9 Å². The summed E-state index contributed by atoms with van der Waals surface area (Å²) in [4.78, 5) is 10.1. The topological polar surface area (TPSA) is 50.9 Å². The molecule has 0 aliphatic rings. The van der Waals surface area contributed by atoms with Crippen LogP contribution in [0.5, 0.6) is 5.75 Å². The Bertz CT molecular complexity index is 2810. The highest BCUT2D eigenvalue weighted by Crippen LogP contribution is 2.42. The number of phenolic OH excluding ortho intramolecular Hbond substituents is 1. The highest BCUT2D eigenvalue weighted by molar-refractivity contribution is 6.13. The summed E-state index contributed by atoms with van der Waals surface area (Å²) in [7, 11) is 0. The average molecular weight is 698 g/mol. The molecule has 0 bridgehead atoms. The van der Waals surface area contributed by atoms with Crippen molar-refractivity contribution in [2.45, 2.75) is 26.2 Å². The number of phenols is 1. The zero-order valence-electron chi connectivity index (χ0n) is 30.5. The molecule has 3 heterocycles. The van der Waals surface area contributed by atoms with Crippen LogP contribution in [0.15, 0.2) is 176 Å². The van der Waals surface area contributed by atoms with Gasteiger partial charge in [-0.3, -0.25) is 4.98 Å². The van der Waals surface area contributed by atoms with E-state index in [0.717, 1.165) is 67.3 Å². The van der Waals surface area contributed by atoms with Gasteiger partial charge in [-0.1, -0.05) is 136 Å². The van der Waals surface area contributed by atoms with Gasteiger partial charge in [-0.25, -0.2) is 4.98 Å². The van der Waals surface area contributed by atoms with Crippen LogP contribution < -0.4 is 0 Å². The van der Waals surface area contributed by atoms with Crippen LogP contribution in [0.3, 0.4) is 0 Å². The molecule has 3 aromatic heterocycles. The van der Waals surface area contributed by atoms with Crippen molar-refractivity contribution in [2.24, 2.45) is 0 Å². The van der Waals surface area contributed by atoms with Crippen molar-refractivity contribution >= 4 is 21.8 Å². The van der Waals surface area contributed by atoms with Gasteiger partial charge in [0.1, 0.15) is 5.75 Å². The van der Waals surface area contributed by atoms with Crippen LogP contribution in [0, 0.1) is 0 Å². The van der Waals surface area contributed by atoms with Crippen molar-refractivity contribution < 1.29 is 5.11 Å². The molecule has 0 amide bonds. The fourth-order valence-electron chi connectivity index (χ4n) is 7.73. The zero-order valence-corrected chi connectivity index (χ0v) is 30.5. The van der Waals surface area contributed by atoms with Gasteiger partial charge in [-0.05, 0) is 82.3 Å². The van der Waals surface area contributed by atoms with Crippen LogP contribution in [0.1, 0.15) is 26.3 Å². The van der Waals surface area contributed by atoms with Crippen LogP contribution in [0.2, 0.25) is 0 Å². The molecule has 0 saturated heterocycles. The summed E-state index contributed by atoms with van der Waals surface area (Å²) in [5, 5.41) is 13.7. The Hall–Kier alpha value is -6.78. The molecule has 0 radical (unpaired) electrons. The average Bonchev–Trinajstić information content (AvgIpc) is 3.56. The van der Waals surface area contributed by atoms with E-state index >= 15 is 0 Å². The summed E-state index contributed by atoms with van der Waals surface area (Å²) in [6.07, 6.45) is 1.91. The molecule has 0 saturated carbocycles. The van der Waals surface area contributed by atoms with Crippen LogP contribution in [0.4, 0.5) is 0 Å². The molecular formula is C50H39N3O. The van der Waals surface area contributed by atoms with Crippen molar-refractivity contribution in [2.75, 3.05) is 0 Å². The Labute approximate surface area is 315 Å². The summed E-state index contributed by atoms with van der Waals surface area (Å²) >= 11 is 0. The third-order valence-corrected chi connectivity index (χ3v) is 10.3. The molecule has 1 N–H and O–H groups in total. The first-order valence-corrected chi connectivity index (χ1v) is 18.4. The quantitative estimate of drug-likeness (QED) is 0.188. The molecule has 54 heavy (non-hydrogen) atoms. The predicted molar refractivity (Wildman–Crippen MR) is 224 cm³/mol. The van der Waals surface area contributed by atoms with E-state index in [1.54, 1.807) is 6.07 Å². The second kappa shape index (κ2) is 13.3. The number of aromatic hydroxyl groups is 1. The number of aromatic nitrogens is 3. The first-order valence-electron chi connectivity index (χ1n) is 18.4. The number of fused-ring (bicyclic) bond motifs is 3. The maximum atomic E-state index is 11.3. The highest BCUT2D eigenvalue weighted by atomic mass is 16.3. The Morgan fingerprint density at radius 3 is 1.93 bits per heavy atom. The van der Waals surface area contributed by atoms with Crippen LogP contribution in [-0.2, 0) is 5.41 Å². The molecule has 4 heteroatoms. The number of pyridine rings is 2. The van der Waals surface area contributed by atoms with Crippen molar-refractivity contribution in [1.29, 1.82) is 0 Å². The first kappa shape index (κ1) is 33.1. The minimum atomic E-state index is -0.199. The summed E-state index contributed by atoms with van der Waals surface area (Å²) in [6, 6.07) is 58.9. The third kappa shape index (κ3) is 5.92. The Kier molecular flexibility index (Phi) is 8.16. The smallest absolute Gasteiger partial charge is 0.125 e. The van der Waals surface area contributed by atoms with Gasteiger partial charge in [0.25, 0.3) is 0 Å². The van der Waals surface area contributed by atoms with Crippen LogP contribution in [-0.4, -0.2) is 19.6 Å². The molecule has 9 aromatic rings. The maximum Gasteiger partial charge on any atom is 0.125 e. The van der Waals surface area contributed by atoms with Crippen LogP contribution in [0.25, 0.3) is 83.5 Å². The van der Waals surface area contributed by atoms with E-state index in [2.05, 4.69) is 177 Å². The molecule has 9 rings (SSSR count). The summed E-state index contributed by atoms with van der Waals surface area (Å²) < 4.78 is 2.37. The number of benzene rings is 6. The van der Waals surface area contributed by atoms with Gasteiger partial charge in [-0.2, -0.15) is 0 Å². The van der Waals surface area contributed by atoms with Gasteiger partial charge in [-0.15, -0.1) is 0 Å². The predicted octanol–water partition coefficient (Wildman–Crippen LogP) is 12.9. The van der Waals surface area contributed by atoms with Crippen molar-refractivity contribution in [3.8, 4) is 67.5 Å². The van der Waals surface area contributed by atoms with E-state index in [9.17, 15) is 5.11 Å². The maximum absolute atomic E-state index is 11.3. The molecule has 0 spiro atoms. The fraction of sp³-hybridized carbons (Fsp3) is 0.0800. The normalized spacial score (nSPS) is 11.7. The minimum absolute atomic E-state index is 0.199. The largest absolute Gasteiger partial charge is 0.507 e. The standard InChI is InChI=1S/C50H39N3O/c1-50(2,3)42-24-14-26-47(54)48(42)45-32-37(33-15-6-4-7-16-33)31-44(52-45)36-18-12-17-35(29-36)43-30-34(27-28-51-43)39-22-13-23-41-40-21-10-11-25-46(40)53(49(39)41)38-19-8-5-9-20-38/h4-32,54H,1-3H3. The molecule has 4 nitrogen and oxygen atoms in total. The molecule has 0 unspecified atom stereocenters. The van der Waals surface area contributed by atoms with Crippen LogP contribution >= 0.6 is 0 Å². The van der Waals surface area contributed by atoms with Crippen molar-refractivity contribution in [1.82, 2.24) is 14.5 Å². The van der Waals surface area contributed by atoms with E-state index in [-0.39, 0.29) is 11.2 Å². The number of para-hydroxylation sites is 3. The van der Waals surface area contributed by atoms with E-state index in [4.69, 9.17) is 9.97 Å². The summed E-state index contributed by atoms with van der Waals surface area (Å²) in [5.41, 5.74) is 13.8. The number of nitrogens with zero attached hydrogens (tertiary/aromatic N) is 3. The summed E-state index contributed by atoms with van der Waals surface area (Å²) in [5.74, 6) is 0.224. The highest BCUT2D eigenvalue weighted by Gasteiger charge is 2.23. The van der Waals surface area contributed by atoms with E-state index in [1.807, 2.05) is 18.3 Å². The lowest BCUT2D eigenvalue weighted by Crippen LogP contribution is -2.13. The summed E-state index contributed by atoms with van der Waals surface area (Å²) in [6.45, 7) is 6.50. The van der Waals surface area contributed by atoms with Crippen molar-refractivity contribution in [3.63, 3.8) is 0 Å². The van der Waals surface area contributed by atoms with Crippen molar-refractivity contribution in [3.05, 3.63) is 182 Å². The second-order valence-corrected chi connectivity index (χ2v) is 14.8. The SMILES string of the molecule is CC(C)(C)c1cccc(O)c1-c1cc(-c2ccccc2)cc(-c2cccc(-c3cc(-c4cccc5c6ccccc6n(-c6ccccc6)c45)ccn3)c2)n1. The Morgan fingerprint density at radius 2 is 1.13 bits per heavy atom. The van der Waals surface area contributed by atoms with Gasteiger partial charge in [0.05, 0.1) is 28.1 Å². The minimum Gasteiger partial charge on any atom is -0.507 e. The Balaban J connectivity index is 1.19. The Morgan fingerprint density at radius 1 is 0.500 bits per heavy atom. The number of hydrogen-bond acceptors (Lipinski definition) is 3. The molecular weight excluding hydrogens is 659 g/mol. The first-order chi connectivity index (χ1) is 26.3. The van der Waals surface area contributed by atoms with Gasteiger partial charge >= 0.3 is 0 Å². The lowest BCUT2D eigenvalue weighted by atomic mass is 9.82. The van der Waals surface area contributed by atoms with E-state index in [1.165, 1.54) is 21.8 Å². The zero-order chi connectivity index (χ0) is 36.8. The lowest BCUT2D eigenvalue weighted by molar-refractivity contribution is 0.473. The fourth-order valence-corrected chi connectivity index (χ4v) is 7.73.